The van der Waals surface area contributed by atoms with Gasteiger partial charge in [-0.2, -0.15) is 5.26 Å². The van der Waals surface area contributed by atoms with Gasteiger partial charge < -0.3 is 20.4 Å². The van der Waals surface area contributed by atoms with Crippen molar-refractivity contribution >= 4 is 35.1 Å². The number of aryl methyl sites for hydroxylation is 2. The van der Waals surface area contributed by atoms with E-state index in [4.69, 9.17) is 26.8 Å². The van der Waals surface area contributed by atoms with E-state index in [0.29, 0.717) is 28.7 Å². The van der Waals surface area contributed by atoms with Gasteiger partial charge in [0.2, 0.25) is 0 Å². The van der Waals surface area contributed by atoms with Gasteiger partial charge in [-0.05, 0) is 70.3 Å². The highest BCUT2D eigenvalue weighted by Gasteiger charge is 2.59. The van der Waals surface area contributed by atoms with Crippen LogP contribution < -0.4 is 10.9 Å². The Hall–Kier alpha value is -5.24. The van der Waals surface area contributed by atoms with Crippen LogP contribution in [0.25, 0.3) is 15.9 Å². The van der Waals surface area contributed by atoms with Crippen molar-refractivity contribution in [2.45, 2.75) is 77.8 Å². The summed E-state index contributed by atoms with van der Waals surface area (Å²) in [6.45, 7) is 10.3. The number of fused-ring (bicyclic) bond motifs is 1. The second-order valence-corrected chi connectivity index (χ2v) is 11.7. The highest BCUT2D eigenvalue weighted by atomic mass is 16.4. The molecule has 3 aromatic rings. The van der Waals surface area contributed by atoms with Crippen LogP contribution in [0.4, 0.5) is 5.82 Å². The number of aromatic nitrogens is 5. The smallest absolute Gasteiger partial charge is 0.384 e. The lowest BCUT2D eigenvalue weighted by Gasteiger charge is -2.62. The fourth-order valence-electron chi connectivity index (χ4n) is 6.02. The summed E-state index contributed by atoms with van der Waals surface area (Å²) in [6.07, 6.45) is 10.9. The molecule has 6 aliphatic carbocycles. The van der Waals surface area contributed by atoms with Crippen LogP contribution in [0.5, 0.6) is 0 Å². The molecular formula is C31H36N8O6. The van der Waals surface area contributed by atoms with E-state index >= 15 is 0 Å². The van der Waals surface area contributed by atoms with Crippen LogP contribution in [0.1, 0.15) is 80.4 Å². The minimum Gasteiger partial charge on any atom is -0.481 e. The molecule has 0 spiro atoms. The van der Waals surface area contributed by atoms with Crippen LogP contribution in [-0.2, 0) is 15.1 Å². The normalized spacial score (nSPS) is 23.5. The van der Waals surface area contributed by atoms with Crippen LogP contribution in [0.3, 0.4) is 0 Å². The number of nitrogens with one attached hydrogen (secondary N) is 1. The van der Waals surface area contributed by atoms with Crippen LogP contribution >= 0.6 is 0 Å². The molecule has 14 nitrogen and oxygen atoms in total. The number of pyridine rings is 1. The molecule has 6 saturated carbocycles. The second kappa shape index (κ2) is 13.6. The number of rotatable bonds is 5. The van der Waals surface area contributed by atoms with E-state index in [-0.39, 0.29) is 29.6 Å². The van der Waals surface area contributed by atoms with E-state index in [0.717, 1.165) is 49.7 Å². The molecule has 9 rings (SSSR count). The fraction of sp³-hybridized carbons (Fsp3) is 0.484. The van der Waals surface area contributed by atoms with Gasteiger partial charge in [0, 0.05) is 30.2 Å². The predicted octanol–water partition coefficient (Wildman–Crippen LogP) is 3.76. The number of carbonyl (C=O) groups excluding carboxylic acids is 1. The molecule has 0 unspecified atom stereocenters. The number of hydrogen-bond donors (Lipinski definition) is 3. The molecule has 0 atom stereocenters. The SMILES string of the molecule is C.CC(=O)O.Cc1ncc(C=O)c(NC23CC(C2)C3)n1.Cc1ncc2cc(C#N)c(=O)n(C34CC(C3)C4)c2n1.[C-]#[N+]CC(=O)O. The fourth-order valence-corrected chi connectivity index (χ4v) is 6.02. The van der Waals surface area contributed by atoms with E-state index in [1.165, 1.54) is 19.3 Å². The molecule has 236 valence electrons. The summed E-state index contributed by atoms with van der Waals surface area (Å²) in [6, 6.07) is 3.59. The lowest BCUT2D eigenvalue weighted by atomic mass is 9.49. The Bertz CT molecular complexity index is 1730. The van der Waals surface area contributed by atoms with Gasteiger partial charge in [0.15, 0.2) is 6.29 Å². The van der Waals surface area contributed by atoms with Crippen molar-refractivity contribution in [3.05, 3.63) is 63.0 Å². The van der Waals surface area contributed by atoms with Crippen LogP contribution in [-0.4, -0.2) is 65.0 Å². The molecule has 14 heteroatoms. The van der Waals surface area contributed by atoms with E-state index in [1.807, 2.05) is 19.9 Å². The average Bonchev–Trinajstić information content (AvgIpc) is 2.86. The molecule has 3 aromatic heterocycles. The number of carbonyl (C=O) groups is 3. The summed E-state index contributed by atoms with van der Waals surface area (Å²) in [5.41, 5.74) is 1.40. The van der Waals surface area contributed by atoms with Crippen molar-refractivity contribution in [3.63, 3.8) is 0 Å². The first kappa shape index (κ1) is 34.3. The molecular weight excluding hydrogens is 580 g/mol. The van der Waals surface area contributed by atoms with Crippen LogP contribution in [0, 0.1) is 43.6 Å². The molecule has 0 radical (unpaired) electrons. The van der Waals surface area contributed by atoms with E-state index in [2.05, 4.69) is 30.1 Å². The number of hydrogen-bond acceptors (Lipinski definition) is 10. The Labute approximate surface area is 260 Å². The maximum absolute atomic E-state index is 12.5. The molecule has 4 bridgehead atoms. The third-order valence-electron chi connectivity index (χ3n) is 8.16. The van der Waals surface area contributed by atoms with Gasteiger partial charge in [-0.3, -0.25) is 19.0 Å². The number of carboxylic acid groups (broad SMARTS) is 2. The third-order valence-corrected chi connectivity index (χ3v) is 8.16. The van der Waals surface area contributed by atoms with Gasteiger partial charge in [-0.15, -0.1) is 0 Å². The summed E-state index contributed by atoms with van der Waals surface area (Å²) in [4.78, 5) is 61.1. The largest absolute Gasteiger partial charge is 0.481 e. The monoisotopic (exact) mass is 616 g/mol. The number of anilines is 1. The van der Waals surface area contributed by atoms with Gasteiger partial charge in [0.25, 0.3) is 11.5 Å². The Morgan fingerprint density at radius 3 is 2.09 bits per heavy atom. The van der Waals surface area contributed by atoms with Crippen LogP contribution in [0.15, 0.2) is 23.3 Å². The van der Waals surface area contributed by atoms with Gasteiger partial charge in [-0.1, -0.05) is 7.43 Å². The first-order valence-corrected chi connectivity index (χ1v) is 14.0. The first-order chi connectivity index (χ1) is 20.8. The Balaban J connectivity index is 0.000000190. The Kier molecular flexibility index (Phi) is 10.3. The molecule has 3 heterocycles. The number of aliphatic carboxylic acids is 2. The maximum Gasteiger partial charge on any atom is 0.384 e. The standard InChI is InChI=1S/C14H12N4O.C11H13N3O.C3H3NO2.C2H4O2.CH4/c1-8-16-7-11-2-10(6-15)13(19)18(12(11)17-8)14-3-9(4-14)5-14;1-7-12-5-9(6-15)10(13-7)14-11-2-8(3-11)4-11;1-4-2-3(5)6;1-2(3)4;/h2,7,9H,3-5H2,1H3;5-6,8H,2-4H2,1H3,(H,12,13,14);2H2,(H,5,6);1H3,(H,3,4);1H4. The predicted molar refractivity (Wildman–Crippen MR) is 164 cm³/mol. The van der Waals surface area contributed by atoms with Crippen molar-refractivity contribution < 1.29 is 24.6 Å². The molecule has 0 aromatic carbocycles. The van der Waals surface area contributed by atoms with E-state index < -0.39 is 18.5 Å². The second-order valence-electron chi connectivity index (χ2n) is 11.7. The number of carboxylic acids is 2. The number of nitrogens with zero attached hydrogens (tertiary/aromatic N) is 7. The summed E-state index contributed by atoms with van der Waals surface area (Å²) in [5, 5.41) is 28.4. The number of aldehydes is 1. The Morgan fingerprint density at radius 2 is 1.67 bits per heavy atom. The number of nitriles is 1. The maximum atomic E-state index is 12.5. The van der Waals surface area contributed by atoms with E-state index in [9.17, 15) is 14.4 Å². The lowest BCUT2D eigenvalue weighted by molar-refractivity contribution is -0.135. The van der Waals surface area contributed by atoms with Gasteiger partial charge in [-0.25, -0.2) is 31.3 Å². The van der Waals surface area contributed by atoms with Crippen molar-refractivity contribution in [2.24, 2.45) is 11.8 Å². The summed E-state index contributed by atoms with van der Waals surface area (Å²) >= 11 is 0. The zero-order valence-corrected chi connectivity index (χ0v) is 24.6. The highest BCUT2D eigenvalue weighted by Crippen LogP contribution is 2.62. The Morgan fingerprint density at radius 1 is 1.11 bits per heavy atom. The summed E-state index contributed by atoms with van der Waals surface area (Å²) in [5.74, 6) is 1.84. The minimum atomic E-state index is -1.06. The lowest BCUT2D eigenvalue weighted by Crippen LogP contribution is -2.63. The zero-order valence-electron chi connectivity index (χ0n) is 24.6. The van der Waals surface area contributed by atoms with Crippen molar-refractivity contribution in [3.8, 4) is 6.07 Å². The third kappa shape index (κ3) is 7.29. The molecule has 0 saturated heterocycles. The highest BCUT2D eigenvalue weighted by molar-refractivity contribution is 5.82. The molecule has 45 heavy (non-hydrogen) atoms. The zero-order chi connectivity index (χ0) is 32.2. The first-order valence-electron chi connectivity index (χ1n) is 14.0. The molecule has 6 fully saturated rings. The van der Waals surface area contributed by atoms with Crippen molar-refractivity contribution in [1.82, 2.24) is 24.5 Å². The van der Waals surface area contributed by atoms with E-state index in [1.54, 1.807) is 23.0 Å². The topological polar surface area (TPSA) is 205 Å². The molecule has 3 N–H and O–H groups in total. The average molecular weight is 617 g/mol. The van der Waals surface area contributed by atoms with Crippen LogP contribution in [0.2, 0.25) is 0 Å². The summed E-state index contributed by atoms with van der Waals surface area (Å²) < 4.78 is 1.76. The molecule has 0 amide bonds. The quantitative estimate of drug-likeness (QED) is 0.277. The minimum absolute atomic E-state index is 0. The molecule has 6 aliphatic rings. The van der Waals surface area contributed by atoms with Crippen molar-refractivity contribution in [1.29, 1.82) is 5.26 Å². The van der Waals surface area contributed by atoms with Crippen molar-refractivity contribution in [2.75, 3.05) is 11.9 Å². The molecule has 0 aliphatic heterocycles. The van der Waals surface area contributed by atoms with Gasteiger partial charge in [0.1, 0.15) is 34.7 Å². The summed E-state index contributed by atoms with van der Waals surface area (Å²) in [7, 11) is 0. The van der Waals surface area contributed by atoms with Gasteiger partial charge in [0.05, 0.1) is 11.1 Å². The van der Waals surface area contributed by atoms with Gasteiger partial charge >= 0.3 is 12.5 Å².